The van der Waals surface area contributed by atoms with Crippen molar-refractivity contribution in [1.29, 1.82) is 0 Å². The number of aryl methyl sites for hydroxylation is 2. The minimum absolute atomic E-state index is 0.271. The van der Waals surface area contributed by atoms with Crippen LogP contribution in [0, 0.1) is 13.8 Å². The quantitative estimate of drug-likeness (QED) is 0.514. The van der Waals surface area contributed by atoms with Crippen LogP contribution in [0.25, 0.3) is 0 Å². The molecule has 3 aromatic rings. The predicted octanol–water partition coefficient (Wildman–Crippen LogP) is 5.47. The van der Waals surface area contributed by atoms with E-state index in [0.29, 0.717) is 5.69 Å². The summed E-state index contributed by atoms with van der Waals surface area (Å²) < 4.78 is 0. The maximum absolute atomic E-state index is 12.3. The van der Waals surface area contributed by atoms with Crippen molar-refractivity contribution >= 4 is 34.9 Å². The highest BCUT2D eigenvalue weighted by molar-refractivity contribution is 6.00. The van der Waals surface area contributed by atoms with Crippen LogP contribution in [0.1, 0.15) is 30.5 Å². The number of amides is 2. The monoisotopic (exact) mass is 416 g/mol. The van der Waals surface area contributed by atoms with E-state index in [-0.39, 0.29) is 6.03 Å². The molecule has 1 aliphatic heterocycles. The van der Waals surface area contributed by atoms with E-state index in [0.717, 1.165) is 47.5 Å². The van der Waals surface area contributed by atoms with Crippen LogP contribution in [0.5, 0.6) is 0 Å². The van der Waals surface area contributed by atoms with Gasteiger partial charge in [-0.05, 0) is 69.0 Å². The second-order valence-corrected chi connectivity index (χ2v) is 7.84. The van der Waals surface area contributed by atoms with E-state index in [4.69, 9.17) is 4.98 Å². The number of anilines is 5. The largest absolute Gasteiger partial charge is 0.341 e. The first kappa shape index (κ1) is 20.7. The van der Waals surface area contributed by atoms with Crippen molar-refractivity contribution in [1.82, 2.24) is 9.97 Å². The Kier molecular flexibility index (Phi) is 6.31. The molecule has 0 unspecified atom stereocenters. The fourth-order valence-corrected chi connectivity index (χ4v) is 3.63. The molecule has 1 saturated heterocycles. The van der Waals surface area contributed by atoms with Gasteiger partial charge in [0, 0.05) is 41.9 Å². The highest BCUT2D eigenvalue weighted by atomic mass is 16.2. The molecule has 0 atom stereocenters. The maximum atomic E-state index is 12.3. The maximum Gasteiger partial charge on any atom is 0.323 e. The lowest BCUT2D eigenvalue weighted by Crippen LogP contribution is -2.31. The summed E-state index contributed by atoms with van der Waals surface area (Å²) in [6.07, 6.45) is 3.65. The molecule has 3 N–H and O–H groups in total. The second kappa shape index (κ2) is 9.47. The molecule has 160 valence electrons. The number of aromatic nitrogens is 2. The van der Waals surface area contributed by atoms with Gasteiger partial charge in [-0.25, -0.2) is 9.78 Å². The van der Waals surface area contributed by atoms with E-state index in [9.17, 15) is 4.79 Å². The molecule has 2 amide bonds. The molecule has 1 aliphatic rings. The van der Waals surface area contributed by atoms with Crippen LogP contribution in [-0.2, 0) is 0 Å². The third kappa shape index (κ3) is 5.51. The fraction of sp³-hybridized carbons (Fsp3) is 0.292. The zero-order valence-electron chi connectivity index (χ0n) is 18.0. The normalized spacial score (nSPS) is 13.5. The summed E-state index contributed by atoms with van der Waals surface area (Å²) in [6, 6.07) is 16.9. The fourth-order valence-electron chi connectivity index (χ4n) is 3.63. The Labute approximate surface area is 182 Å². The van der Waals surface area contributed by atoms with E-state index in [1.165, 1.54) is 19.3 Å². The minimum Gasteiger partial charge on any atom is -0.341 e. The van der Waals surface area contributed by atoms with Crippen LogP contribution in [0.2, 0.25) is 0 Å². The van der Waals surface area contributed by atoms with Gasteiger partial charge in [0.15, 0.2) is 0 Å². The Balaban J connectivity index is 1.39. The number of urea groups is 1. The van der Waals surface area contributed by atoms with Crippen molar-refractivity contribution in [3.63, 3.8) is 0 Å². The Morgan fingerprint density at radius 1 is 0.871 bits per heavy atom. The van der Waals surface area contributed by atoms with Gasteiger partial charge in [0.2, 0.25) is 5.95 Å². The first-order valence-electron chi connectivity index (χ1n) is 10.7. The molecule has 1 fully saturated rings. The predicted molar refractivity (Wildman–Crippen MR) is 126 cm³/mol. The standard InChI is InChI=1S/C24H28N6O/c1-17-8-4-5-9-21(17)28-24(31)27-20-12-10-19(11-13-20)26-22-16-18(2)25-23(29-22)30-14-6-3-7-15-30/h4-5,8-13,16H,3,6-7,14-15H2,1-2H3,(H,25,26,29)(H2,27,28,31). The van der Waals surface area contributed by atoms with Gasteiger partial charge in [-0.1, -0.05) is 18.2 Å². The molecule has 0 aliphatic carbocycles. The van der Waals surface area contributed by atoms with Crippen molar-refractivity contribution in [3.05, 3.63) is 65.9 Å². The van der Waals surface area contributed by atoms with Gasteiger partial charge in [0.05, 0.1) is 0 Å². The van der Waals surface area contributed by atoms with Crippen molar-refractivity contribution < 1.29 is 4.79 Å². The van der Waals surface area contributed by atoms with E-state index < -0.39 is 0 Å². The molecule has 31 heavy (non-hydrogen) atoms. The Hall–Kier alpha value is -3.61. The zero-order valence-corrected chi connectivity index (χ0v) is 18.0. The molecule has 0 spiro atoms. The third-order valence-corrected chi connectivity index (χ3v) is 5.29. The van der Waals surface area contributed by atoms with Gasteiger partial charge in [-0.15, -0.1) is 0 Å². The molecular weight excluding hydrogens is 388 g/mol. The topological polar surface area (TPSA) is 82.2 Å². The third-order valence-electron chi connectivity index (χ3n) is 5.29. The Bertz CT molecular complexity index is 1040. The molecule has 1 aromatic heterocycles. The summed E-state index contributed by atoms with van der Waals surface area (Å²) in [5.74, 6) is 1.56. The summed E-state index contributed by atoms with van der Waals surface area (Å²) in [6.45, 7) is 5.96. The number of carbonyl (C=O) groups excluding carboxylic acids is 1. The summed E-state index contributed by atoms with van der Waals surface area (Å²) in [7, 11) is 0. The summed E-state index contributed by atoms with van der Waals surface area (Å²) in [5.41, 5.74) is 4.35. The van der Waals surface area contributed by atoms with Crippen LogP contribution >= 0.6 is 0 Å². The van der Waals surface area contributed by atoms with Gasteiger partial charge in [-0.2, -0.15) is 4.98 Å². The van der Waals surface area contributed by atoms with Crippen molar-refractivity contribution in [2.24, 2.45) is 0 Å². The van der Waals surface area contributed by atoms with E-state index in [1.54, 1.807) is 0 Å². The van der Waals surface area contributed by atoms with Crippen LogP contribution in [0.4, 0.5) is 33.6 Å². The van der Waals surface area contributed by atoms with Crippen LogP contribution in [0.3, 0.4) is 0 Å². The molecule has 7 nitrogen and oxygen atoms in total. The summed E-state index contributed by atoms with van der Waals surface area (Å²) in [4.78, 5) is 23.8. The van der Waals surface area contributed by atoms with E-state index in [1.807, 2.05) is 68.4 Å². The van der Waals surface area contributed by atoms with Crippen LogP contribution in [-0.4, -0.2) is 29.1 Å². The number of nitrogens with zero attached hydrogens (tertiary/aromatic N) is 3. The molecule has 4 rings (SSSR count). The number of hydrogen-bond donors (Lipinski definition) is 3. The lowest BCUT2D eigenvalue weighted by atomic mass is 10.1. The summed E-state index contributed by atoms with van der Waals surface area (Å²) >= 11 is 0. The minimum atomic E-state index is -0.271. The molecule has 2 heterocycles. The number of carbonyl (C=O) groups is 1. The Morgan fingerprint density at radius 3 is 2.32 bits per heavy atom. The number of hydrogen-bond acceptors (Lipinski definition) is 5. The highest BCUT2D eigenvalue weighted by Crippen LogP contribution is 2.22. The summed E-state index contributed by atoms with van der Waals surface area (Å²) in [5, 5.41) is 9.08. The lowest BCUT2D eigenvalue weighted by molar-refractivity contribution is 0.262. The molecule has 2 aromatic carbocycles. The average molecular weight is 417 g/mol. The van der Waals surface area contributed by atoms with Crippen molar-refractivity contribution in [2.45, 2.75) is 33.1 Å². The zero-order chi connectivity index (χ0) is 21.6. The first-order valence-corrected chi connectivity index (χ1v) is 10.7. The molecule has 0 radical (unpaired) electrons. The highest BCUT2D eigenvalue weighted by Gasteiger charge is 2.14. The molecular formula is C24H28N6O. The van der Waals surface area contributed by atoms with Crippen LogP contribution < -0.4 is 20.9 Å². The van der Waals surface area contributed by atoms with Gasteiger partial charge >= 0.3 is 6.03 Å². The Morgan fingerprint density at radius 2 is 1.58 bits per heavy atom. The number of rotatable bonds is 5. The SMILES string of the molecule is Cc1cc(Nc2ccc(NC(=O)Nc3ccccc3C)cc2)nc(N2CCCCC2)n1. The second-order valence-electron chi connectivity index (χ2n) is 7.84. The smallest absolute Gasteiger partial charge is 0.323 e. The average Bonchev–Trinajstić information content (AvgIpc) is 2.77. The first-order chi connectivity index (χ1) is 15.1. The molecule has 0 bridgehead atoms. The number of piperidine rings is 1. The van der Waals surface area contributed by atoms with Gasteiger partial charge in [-0.3, -0.25) is 0 Å². The number of benzene rings is 2. The van der Waals surface area contributed by atoms with Crippen LogP contribution in [0.15, 0.2) is 54.6 Å². The molecule has 0 saturated carbocycles. The van der Waals surface area contributed by atoms with Gasteiger partial charge < -0.3 is 20.9 Å². The van der Waals surface area contributed by atoms with E-state index >= 15 is 0 Å². The van der Waals surface area contributed by atoms with Crippen molar-refractivity contribution in [3.8, 4) is 0 Å². The van der Waals surface area contributed by atoms with Gasteiger partial charge in [0.25, 0.3) is 0 Å². The number of para-hydroxylation sites is 1. The van der Waals surface area contributed by atoms with E-state index in [2.05, 4.69) is 25.8 Å². The number of nitrogens with one attached hydrogen (secondary N) is 3. The van der Waals surface area contributed by atoms with Gasteiger partial charge in [0.1, 0.15) is 5.82 Å². The molecule has 7 heteroatoms. The lowest BCUT2D eigenvalue weighted by Gasteiger charge is -2.27. The van der Waals surface area contributed by atoms with Crippen molar-refractivity contribution in [2.75, 3.05) is 33.9 Å².